The van der Waals surface area contributed by atoms with Crippen LogP contribution in [0.2, 0.25) is 0 Å². The molecule has 0 aliphatic heterocycles. The maximum Gasteiger partial charge on any atom is 0.230 e. The number of rotatable bonds is 7. The lowest BCUT2D eigenvalue weighted by Crippen LogP contribution is -2.34. The number of hydrogen-bond acceptors (Lipinski definition) is 3. The van der Waals surface area contributed by atoms with Gasteiger partial charge in [-0.2, -0.15) is 0 Å². The van der Waals surface area contributed by atoms with Crippen molar-refractivity contribution in [1.29, 1.82) is 0 Å². The standard InChI is InChI=1S/C20H24BrN3O/c1-3-24(4-2)18-9-8-15(13-22-18)14-23-19(25)20(10-11-20)16-6-5-7-17(21)12-16/h5-9,12-13H,3-4,10-11,14H2,1-2H3,(H,23,25). The second-order valence-electron chi connectivity index (χ2n) is 6.47. The SMILES string of the molecule is CCN(CC)c1ccc(CNC(=O)C2(c3cccc(Br)c3)CC2)cn1. The molecule has 1 aromatic carbocycles. The summed E-state index contributed by atoms with van der Waals surface area (Å²) in [5.41, 5.74) is 1.77. The molecule has 1 heterocycles. The number of amides is 1. The topological polar surface area (TPSA) is 45.2 Å². The Labute approximate surface area is 157 Å². The third-order valence-electron chi connectivity index (χ3n) is 4.91. The Bertz CT molecular complexity index is 737. The number of benzene rings is 1. The summed E-state index contributed by atoms with van der Waals surface area (Å²) in [6.45, 7) is 6.64. The van der Waals surface area contributed by atoms with Crippen molar-refractivity contribution in [3.05, 3.63) is 58.2 Å². The maximum atomic E-state index is 12.7. The van der Waals surface area contributed by atoms with Crippen LogP contribution >= 0.6 is 15.9 Å². The lowest BCUT2D eigenvalue weighted by Gasteiger charge is -2.20. The highest BCUT2D eigenvalue weighted by atomic mass is 79.9. The van der Waals surface area contributed by atoms with Crippen molar-refractivity contribution in [1.82, 2.24) is 10.3 Å². The molecular weight excluding hydrogens is 378 g/mol. The molecule has 25 heavy (non-hydrogen) atoms. The fraction of sp³-hybridized carbons (Fsp3) is 0.400. The molecule has 0 atom stereocenters. The van der Waals surface area contributed by atoms with E-state index in [9.17, 15) is 4.79 Å². The van der Waals surface area contributed by atoms with E-state index in [1.807, 2.05) is 42.6 Å². The summed E-state index contributed by atoms with van der Waals surface area (Å²) in [5.74, 6) is 1.09. The molecule has 5 heteroatoms. The summed E-state index contributed by atoms with van der Waals surface area (Å²) in [6, 6.07) is 12.1. The first kappa shape index (κ1) is 17.9. The van der Waals surface area contributed by atoms with E-state index >= 15 is 0 Å². The van der Waals surface area contributed by atoms with E-state index in [2.05, 4.69) is 45.0 Å². The van der Waals surface area contributed by atoms with Crippen molar-refractivity contribution in [2.45, 2.75) is 38.6 Å². The van der Waals surface area contributed by atoms with E-state index in [-0.39, 0.29) is 11.3 Å². The summed E-state index contributed by atoms with van der Waals surface area (Å²) < 4.78 is 1.01. The van der Waals surface area contributed by atoms with Gasteiger partial charge in [-0.05, 0) is 56.0 Å². The van der Waals surface area contributed by atoms with E-state index in [4.69, 9.17) is 0 Å². The molecule has 0 bridgehead atoms. The van der Waals surface area contributed by atoms with E-state index in [0.29, 0.717) is 6.54 Å². The Kier molecular flexibility index (Phi) is 5.42. The lowest BCUT2D eigenvalue weighted by molar-refractivity contribution is -0.123. The van der Waals surface area contributed by atoms with E-state index in [1.165, 1.54) is 0 Å². The summed E-state index contributed by atoms with van der Waals surface area (Å²) in [7, 11) is 0. The zero-order valence-electron chi connectivity index (χ0n) is 14.8. The van der Waals surface area contributed by atoms with Gasteiger partial charge in [-0.15, -0.1) is 0 Å². The molecule has 1 amide bonds. The second-order valence-corrected chi connectivity index (χ2v) is 7.39. The minimum Gasteiger partial charge on any atom is -0.357 e. The van der Waals surface area contributed by atoms with Crippen molar-refractivity contribution in [2.75, 3.05) is 18.0 Å². The number of carbonyl (C=O) groups is 1. The van der Waals surface area contributed by atoms with Crippen LogP contribution in [0.1, 0.15) is 37.8 Å². The molecule has 0 saturated heterocycles. The number of nitrogens with zero attached hydrogens (tertiary/aromatic N) is 2. The normalized spacial score (nSPS) is 14.8. The molecule has 0 radical (unpaired) electrons. The quantitative estimate of drug-likeness (QED) is 0.761. The van der Waals surface area contributed by atoms with Gasteiger partial charge in [0.05, 0.1) is 5.41 Å². The van der Waals surface area contributed by atoms with Crippen molar-refractivity contribution in [3.63, 3.8) is 0 Å². The number of nitrogens with one attached hydrogen (secondary N) is 1. The predicted molar refractivity (Wildman–Crippen MR) is 105 cm³/mol. The molecule has 1 N–H and O–H groups in total. The Balaban J connectivity index is 1.63. The molecule has 132 valence electrons. The summed E-state index contributed by atoms with van der Waals surface area (Å²) in [5, 5.41) is 3.09. The number of pyridine rings is 1. The fourth-order valence-electron chi connectivity index (χ4n) is 3.17. The first-order valence-corrected chi connectivity index (χ1v) is 9.62. The maximum absolute atomic E-state index is 12.7. The zero-order chi connectivity index (χ0) is 17.9. The summed E-state index contributed by atoms with van der Waals surface area (Å²) >= 11 is 3.49. The van der Waals surface area contributed by atoms with Gasteiger partial charge in [0.25, 0.3) is 0 Å². The van der Waals surface area contributed by atoms with Crippen LogP contribution in [0.4, 0.5) is 5.82 Å². The molecule has 1 aliphatic rings. The average Bonchev–Trinajstić information content (AvgIpc) is 3.44. The van der Waals surface area contributed by atoms with Crippen LogP contribution in [0.25, 0.3) is 0 Å². The predicted octanol–water partition coefficient (Wildman–Crippen LogP) is 4.04. The highest BCUT2D eigenvalue weighted by molar-refractivity contribution is 9.10. The number of halogens is 1. The highest BCUT2D eigenvalue weighted by Gasteiger charge is 2.51. The number of anilines is 1. The summed E-state index contributed by atoms with van der Waals surface area (Å²) in [4.78, 5) is 19.4. The van der Waals surface area contributed by atoms with Crippen molar-refractivity contribution in [2.24, 2.45) is 0 Å². The Morgan fingerprint density at radius 3 is 2.56 bits per heavy atom. The minimum absolute atomic E-state index is 0.110. The Hall–Kier alpha value is -1.88. The van der Waals surface area contributed by atoms with E-state index in [0.717, 1.165) is 47.3 Å². The van der Waals surface area contributed by atoms with Gasteiger partial charge in [0.15, 0.2) is 0 Å². The van der Waals surface area contributed by atoms with Crippen LogP contribution in [0.15, 0.2) is 47.1 Å². The highest BCUT2D eigenvalue weighted by Crippen LogP contribution is 2.48. The molecule has 4 nitrogen and oxygen atoms in total. The van der Waals surface area contributed by atoms with Crippen LogP contribution in [0, 0.1) is 0 Å². The van der Waals surface area contributed by atoms with Gasteiger partial charge in [-0.25, -0.2) is 4.98 Å². The van der Waals surface area contributed by atoms with Crippen molar-refractivity contribution in [3.8, 4) is 0 Å². The lowest BCUT2D eigenvalue weighted by atomic mass is 9.95. The molecule has 0 unspecified atom stereocenters. The van der Waals surface area contributed by atoms with Gasteiger partial charge < -0.3 is 10.2 Å². The molecule has 2 aromatic rings. The van der Waals surface area contributed by atoms with Crippen LogP contribution in [0.5, 0.6) is 0 Å². The van der Waals surface area contributed by atoms with Crippen LogP contribution < -0.4 is 10.2 Å². The van der Waals surface area contributed by atoms with Gasteiger partial charge >= 0.3 is 0 Å². The first-order chi connectivity index (χ1) is 12.1. The minimum atomic E-state index is -0.349. The Morgan fingerprint density at radius 1 is 1.24 bits per heavy atom. The van der Waals surface area contributed by atoms with Gasteiger partial charge in [0.1, 0.15) is 5.82 Å². The molecule has 0 spiro atoms. The van der Waals surface area contributed by atoms with E-state index in [1.54, 1.807) is 0 Å². The Morgan fingerprint density at radius 2 is 2.00 bits per heavy atom. The molecule has 1 saturated carbocycles. The van der Waals surface area contributed by atoms with E-state index < -0.39 is 0 Å². The van der Waals surface area contributed by atoms with Crippen molar-refractivity contribution < 1.29 is 4.79 Å². The third-order valence-corrected chi connectivity index (χ3v) is 5.40. The number of aromatic nitrogens is 1. The first-order valence-electron chi connectivity index (χ1n) is 8.83. The van der Waals surface area contributed by atoms with Gasteiger partial charge in [-0.1, -0.05) is 34.1 Å². The smallest absolute Gasteiger partial charge is 0.230 e. The van der Waals surface area contributed by atoms with Crippen LogP contribution in [-0.4, -0.2) is 24.0 Å². The van der Waals surface area contributed by atoms with Crippen molar-refractivity contribution >= 4 is 27.7 Å². The largest absolute Gasteiger partial charge is 0.357 e. The molecule has 3 rings (SSSR count). The zero-order valence-corrected chi connectivity index (χ0v) is 16.3. The van der Waals surface area contributed by atoms with Gasteiger partial charge in [0, 0.05) is 30.3 Å². The van der Waals surface area contributed by atoms with Crippen LogP contribution in [0.3, 0.4) is 0 Å². The average molecular weight is 402 g/mol. The number of hydrogen-bond donors (Lipinski definition) is 1. The molecule has 1 fully saturated rings. The fourth-order valence-corrected chi connectivity index (χ4v) is 3.56. The molecule has 1 aliphatic carbocycles. The second kappa shape index (κ2) is 7.56. The molecular formula is C20H24BrN3O. The summed E-state index contributed by atoms with van der Waals surface area (Å²) in [6.07, 6.45) is 3.68. The number of carbonyl (C=O) groups excluding carboxylic acids is 1. The third kappa shape index (κ3) is 3.87. The van der Waals surface area contributed by atoms with Gasteiger partial charge in [-0.3, -0.25) is 4.79 Å². The van der Waals surface area contributed by atoms with Crippen LogP contribution in [-0.2, 0) is 16.8 Å². The van der Waals surface area contributed by atoms with Gasteiger partial charge in [0.2, 0.25) is 5.91 Å². The molecule has 1 aromatic heterocycles. The monoisotopic (exact) mass is 401 g/mol.